The molecule has 0 aliphatic rings. The minimum absolute atomic E-state index is 0.121. The van der Waals surface area contributed by atoms with Gasteiger partial charge in [-0.1, -0.05) is 12.1 Å². The Balaban J connectivity index is 2.87. The summed E-state index contributed by atoms with van der Waals surface area (Å²) in [6.07, 6.45) is 0.121. The van der Waals surface area contributed by atoms with Gasteiger partial charge in [0, 0.05) is 14.0 Å². The van der Waals surface area contributed by atoms with Crippen molar-refractivity contribution >= 4 is 11.8 Å². The first-order chi connectivity index (χ1) is 9.47. The molecular formula is C14H20N2O4. The molecule has 1 aromatic rings. The molecule has 6 nitrogen and oxygen atoms in total. The van der Waals surface area contributed by atoms with Crippen LogP contribution in [0, 0.1) is 0 Å². The number of ether oxygens (including phenoxy) is 1. The number of carbonyl (C=O) groups is 2. The fourth-order valence-electron chi connectivity index (χ4n) is 1.74. The molecule has 20 heavy (non-hydrogen) atoms. The number of nitrogens with zero attached hydrogens (tertiary/aromatic N) is 1. The van der Waals surface area contributed by atoms with E-state index in [1.807, 2.05) is 12.1 Å². The van der Waals surface area contributed by atoms with Crippen LogP contribution in [0.5, 0.6) is 5.75 Å². The number of hydrogen-bond acceptors (Lipinski definition) is 4. The quantitative estimate of drug-likeness (QED) is 0.797. The van der Waals surface area contributed by atoms with Gasteiger partial charge in [0.05, 0.1) is 26.7 Å². The standard InChI is InChI=1S/C14H20N2O4/c1-10(17)15-13(9-14(18)16(2)20-4)11-5-7-12(19-3)8-6-11/h5-8,13H,9H2,1-4H3,(H,15,17). The molecule has 6 heteroatoms. The highest BCUT2D eigenvalue weighted by atomic mass is 16.7. The van der Waals surface area contributed by atoms with Crippen LogP contribution >= 0.6 is 0 Å². The van der Waals surface area contributed by atoms with Crippen molar-refractivity contribution in [2.45, 2.75) is 19.4 Å². The molecule has 0 aliphatic heterocycles. The van der Waals surface area contributed by atoms with Crippen LogP contribution in [0.3, 0.4) is 0 Å². The van der Waals surface area contributed by atoms with Crippen molar-refractivity contribution < 1.29 is 19.2 Å². The summed E-state index contributed by atoms with van der Waals surface area (Å²) in [4.78, 5) is 28.0. The van der Waals surface area contributed by atoms with Gasteiger partial charge in [-0.2, -0.15) is 0 Å². The largest absolute Gasteiger partial charge is 0.497 e. The van der Waals surface area contributed by atoms with Crippen molar-refractivity contribution in [2.24, 2.45) is 0 Å². The summed E-state index contributed by atoms with van der Waals surface area (Å²) in [6, 6.07) is 6.81. The normalized spacial score (nSPS) is 11.6. The van der Waals surface area contributed by atoms with Gasteiger partial charge in [-0.3, -0.25) is 14.4 Å². The van der Waals surface area contributed by atoms with E-state index < -0.39 is 6.04 Å². The number of hydroxylamine groups is 2. The topological polar surface area (TPSA) is 67.9 Å². The molecule has 1 rings (SSSR count). The van der Waals surface area contributed by atoms with Crippen molar-refractivity contribution in [1.82, 2.24) is 10.4 Å². The maximum absolute atomic E-state index is 11.9. The fraction of sp³-hybridized carbons (Fsp3) is 0.429. The number of benzene rings is 1. The van der Waals surface area contributed by atoms with Crippen LogP contribution in [-0.2, 0) is 14.4 Å². The molecule has 0 heterocycles. The van der Waals surface area contributed by atoms with Crippen LogP contribution in [0.15, 0.2) is 24.3 Å². The zero-order chi connectivity index (χ0) is 15.1. The van der Waals surface area contributed by atoms with E-state index in [1.54, 1.807) is 19.2 Å². The van der Waals surface area contributed by atoms with Crippen LogP contribution in [0.2, 0.25) is 0 Å². The second kappa shape index (κ2) is 7.49. The molecular weight excluding hydrogens is 260 g/mol. The summed E-state index contributed by atoms with van der Waals surface area (Å²) >= 11 is 0. The second-order valence-electron chi connectivity index (χ2n) is 4.30. The van der Waals surface area contributed by atoms with Gasteiger partial charge in [0.2, 0.25) is 11.8 Å². The third-order valence-corrected chi connectivity index (χ3v) is 2.90. The molecule has 1 aromatic carbocycles. The van der Waals surface area contributed by atoms with Crippen molar-refractivity contribution in [2.75, 3.05) is 21.3 Å². The highest BCUT2D eigenvalue weighted by Crippen LogP contribution is 2.21. The smallest absolute Gasteiger partial charge is 0.248 e. The van der Waals surface area contributed by atoms with Crippen LogP contribution in [0.1, 0.15) is 24.9 Å². The number of amides is 2. The van der Waals surface area contributed by atoms with E-state index in [9.17, 15) is 9.59 Å². The Bertz CT molecular complexity index is 459. The van der Waals surface area contributed by atoms with Gasteiger partial charge in [0.15, 0.2) is 0 Å². The molecule has 0 aromatic heterocycles. The Morgan fingerprint density at radius 1 is 1.25 bits per heavy atom. The van der Waals surface area contributed by atoms with Crippen LogP contribution in [0.4, 0.5) is 0 Å². The molecule has 110 valence electrons. The average Bonchev–Trinajstić information content (AvgIpc) is 2.45. The molecule has 0 aliphatic carbocycles. The minimum Gasteiger partial charge on any atom is -0.497 e. The van der Waals surface area contributed by atoms with E-state index in [2.05, 4.69) is 5.32 Å². The SMILES string of the molecule is COc1ccc(C(CC(=O)N(C)OC)NC(C)=O)cc1. The molecule has 1 atom stereocenters. The molecule has 0 spiro atoms. The predicted octanol–water partition coefficient (Wildman–Crippen LogP) is 1.28. The number of carbonyl (C=O) groups excluding carboxylic acids is 2. The van der Waals surface area contributed by atoms with Crippen LogP contribution in [0.25, 0.3) is 0 Å². The molecule has 0 saturated heterocycles. The number of rotatable bonds is 6. The van der Waals surface area contributed by atoms with Gasteiger partial charge in [0.25, 0.3) is 0 Å². The first-order valence-corrected chi connectivity index (χ1v) is 6.19. The third kappa shape index (κ3) is 4.55. The predicted molar refractivity (Wildman–Crippen MR) is 73.9 cm³/mol. The lowest BCUT2D eigenvalue weighted by Gasteiger charge is -2.21. The van der Waals surface area contributed by atoms with Gasteiger partial charge in [-0.15, -0.1) is 0 Å². The second-order valence-corrected chi connectivity index (χ2v) is 4.30. The number of nitrogens with one attached hydrogen (secondary N) is 1. The summed E-state index contributed by atoms with van der Waals surface area (Å²) in [5, 5.41) is 3.90. The van der Waals surface area contributed by atoms with Gasteiger partial charge in [-0.25, -0.2) is 5.06 Å². The Kier molecular flexibility index (Phi) is 5.99. The van der Waals surface area contributed by atoms with E-state index in [4.69, 9.17) is 9.57 Å². The van der Waals surface area contributed by atoms with Crippen molar-refractivity contribution in [3.05, 3.63) is 29.8 Å². The van der Waals surface area contributed by atoms with Crippen LogP contribution in [-0.4, -0.2) is 38.1 Å². The Labute approximate surface area is 118 Å². The monoisotopic (exact) mass is 280 g/mol. The van der Waals surface area contributed by atoms with Gasteiger partial charge >= 0.3 is 0 Å². The Morgan fingerprint density at radius 3 is 2.30 bits per heavy atom. The maximum atomic E-state index is 11.9. The van der Waals surface area contributed by atoms with E-state index in [1.165, 1.54) is 21.1 Å². The molecule has 2 amide bonds. The lowest BCUT2D eigenvalue weighted by molar-refractivity contribution is -0.169. The number of hydrogen-bond donors (Lipinski definition) is 1. The third-order valence-electron chi connectivity index (χ3n) is 2.90. The first kappa shape index (κ1) is 16.0. The molecule has 0 saturated carbocycles. The van der Waals surface area contributed by atoms with E-state index in [0.29, 0.717) is 0 Å². The van der Waals surface area contributed by atoms with Crippen molar-refractivity contribution in [1.29, 1.82) is 0 Å². The van der Waals surface area contributed by atoms with Gasteiger partial charge in [-0.05, 0) is 17.7 Å². The summed E-state index contributed by atoms with van der Waals surface area (Å²) in [5.41, 5.74) is 0.832. The maximum Gasteiger partial charge on any atom is 0.248 e. The lowest BCUT2D eigenvalue weighted by atomic mass is 10.0. The molecule has 0 bridgehead atoms. The van der Waals surface area contributed by atoms with Crippen LogP contribution < -0.4 is 10.1 Å². The Hall–Kier alpha value is -2.08. The fourth-order valence-corrected chi connectivity index (χ4v) is 1.74. The van der Waals surface area contributed by atoms with Crippen molar-refractivity contribution in [3.8, 4) is 5.75 Å². The minimum atomic E-state index is -0.400. The highest BCUT2D eigenvalue weighted by molar-refractivity contribution is 5.78. The molecule has 0 fully saturated rings. The highest BCUT2D eigenvalue weighted by Gasteiger charge is 2.19. The first-order valence-electron chi connectivity index (χ1n) is 6.19. The molecule has 1 unspecified atom stereocenters. The lowest BCUT2D eigenvalue weighted by Crippen LogP contribution is -2.33. The Morgan fingerprint density at radius 2 is 1.85 bits per heavy atom. The van der Waals surface area contributed by atoms with E-state index in [0.717, 1.165) is 16.4 Å². The summed E-state index contributed by atoms with van der Waals surface area (Å²) in [5.74, 6) is 0.302. The number of methoxy groups -OCH3 is 1. The zero-order valence-corrected chi connectivity index (χ0v) is 12.2. The average molecular weight is 280 g/mol. The summed E-state index contributed by atoms with van der Waals surface area (Å²) in [7, 11) is 4.53. The van der Waals surface area contributed by atoms with Crippen molar-refractivity contribution in [3.63, 3.8) is 0 Å². The van der Waals surface area contributed by atoms with Gasteiger partial charge < -0.3 is 10.1 Å². The molecule has 1 N–H and O–H groups in total. The van der Waals surface area contributed by atoms with Gasteiger partial charge in [0.1, 0.15) is 5.75 Å². The summed E-state index contributed by atoms with van der Waals surface area (Å²) < 4.78 is 5.08. The van der Waals surface area contributed by atoms with E-state index in [-0.39, 0.29) is 18.2 Å². The molecule has 0 radical (unpaired) electrons. The summed E-state index contributed by atoms with van der Waals surface area (Å²) in [6.45, 7) is 1.42. The zero-order valence-electron chi connectivity index (χ0n) is 12.2. The van der Waals surface area contributed by atoms with E-state index >= 15 is 0 Å².